The van der Waals surface area contributed by atoms with Gasteiger partial charge < -0.3 is 10.3 Å². The summed E-state index contributed by atoms with van der Waals surface area (Å²) in [5.41, 5.74) is 3.18. The number of hydrogen-bond donors (Lipinski definition) is 2. The van der Waals surface area contributed by atoms with E-state index < -0.39 is 0 Å². The maximum atomic E-state index is 5.89. The van der Waals surface area contributed by atoms with Gasteiger partial charge in [0.25, 0.3) is 0 Å². The fourth-order valence-corrected chi connectivity index (χ4v) is 2.00. The van der Waals surface area contributed by atoms with Crippen molar-refractivity contribution in [2.24, 2.45) is 0 Å². The molecule has 0 bridgehead atoms. The molecule has 0 spiro atoms. The van der Waals surface area contributed by atoms with Crippen molar-refractivity contribution < 1.29 is 0 Å². The Morgan fingerprint density at radius 2 is 2.00 bits per heavy atom. The van der Waals surface area contributed by atoms with E-state index in [0.717, 1.165) is 47.3 Å². The number of nitrogens with one attached hydrogen (secondary N) is 2. The molecule has 0 radical (unpaired) electrons. The van der Waals surface area contributed by atoms with Crippen molar-refractivity contribution in [2.45, 2.75) is 26.8 Å². The molecule has 2 rings (SSSR count). The smallest absolute Gasteiger partial charge is 0.121 e. The van der Waals surface area contributed by atoms with E-state index in [1.807, 2.05) is 31.2 Å². The van der Waals surface area contributed by atoms with Crippen LogP contribution in [0.25, 0.3) is 11.3 Å². The van der Waals surface area contributed by atoms with Gasteiger partial charge in [-0.15, -0.1) is 0 Å². The molecule has 1 heterocycles. The van der Waals surface area contributed by atoms with Gasteiger partial charge in [-0.25, -0.2) is 4.98 Å². The average Bonchev–Trinajstić information content (AvgIpc) is 2.72. The van der Waals surface area contributed by atoms with Gasteiger partial charge in [0.2, 0.25) is 0 Å². The van der Waals surface area contributed by atoms with E-state index >= 15 is 0 Å². The summed E-state index contributed by atoms with van der Waals surface area (Å²) in [6.45, 7) is 5.98. The lowest BCUT2D eigenvalue weighted by Gasteiger charge is -1.99. The largest absolute Gasteiger partial charge is 0.344 e. The number of halogens is 1. The van der Waals surface area contributed by atoms with Crippen LogP contribution in [0.2, 0.25) is 5.02 Å². The van der Waals surface area contributed by atoms with E-state index in [4.69, 9.17) is 11.6 Å². The number of hydrogen-bond acceptors (Lipinski definition) is 2. The summed E-state index contributed by atoms with van der Waals surface area (Å²) in [6.07, 6.45) is 1.13. The van der Waals surface area contributed by atoms with E-state index in [1.54, 1.807) is 0 Å². The summed E-state index contributed by atoms with van der Waals surface area (Å²) >= 11 is 5.89. The average molecular weight is 264 g/mol. The van der Waals surface area contributed by atoms with Gasteiger partial charge >= 0.3 is 0 Å². The molecule has 0 unspecified atom stereocenters. The molecule has 0 aliphatic carbocycles. The first-order valence-corrected chi connectivity index (χ1v) is 6.60. The number of aryl methyl sites for hydroxylation is 1. The Kier molecular flexibility index (Phi) is 4.39. The van der Waals surface area contributed by atoms with Crippen LogP contribution in [0.15, 0.2) is 24.3 Å². The Morgan fingerprint density at radius 1 is 1.28 bits per heavy atom. The maximum absolute atomic E-state index is 5.89. The van der Waals surface area contributed by atoms with Crippen LogP contribution in [-0.2, 0) is 6.54 Å². The van der Waals surface area contributed by atoms with E-state index in [9.17, 15) is 0 Å². The van der Waals surface area contributed by atoms with Gasteiger partial charge in [-0.05, 0) is 32.0 Å². The summed E-state index contributed by atoms with van der Waals surface area (Å²) in [5, 5.41) is 4.08. The highest BCUT2D eigenvalue weighted by Gasteiger charge is 2.08. The first-order valence-electron chi connectivity index (χ1n) is 6.23. The molecule has 3 nitrogen and oxygen atoms in total. The van der Waals surface area contributed by atoms with Gasteiger partial charge in [-0.2, -0.15) is 0 Å². The molecule has 1 aromatic heterocycles. The van der Waals surface area contributed by atoms with E-state index in [1.165, 1.54) is 0 Å². The van der Waals surface area contributed by atoms with Gasteiger partial charge in [0.05, 0.1) is 12.2 Å². The highest BCUT2D eigenvalue weighted by atomic mass is 35.5. The van der Waals surface area contributed by atoms with Gasteiger partial charge in [0.15, 0.2) is 0 Å². The zero-order valence-corrected chi connectivity index (χ0v) is 11.5. The van der Waals surface area contributed by atoms with Crippen LogP contribution in [0.1, 0.15) is 24.9 Å². The quantitative estimate of drug-likeness (QED) is 0.810. The molecule has 0 atom stereocenters. The zero-order valence-electron chi connectivity index (χ0n) is 10.8. The second kappa shape index (κ2) is 6.03. The monoisotopic (exact) mass is 263 g/mol. The van der Waals surface area contributed by atoms with Crippen molar-refractivity contribution in [2.75, 3.05) is 6.54 Å². The summed E-state index contributed by atoms with van der Waals surface area (Å²) in [6, 6.07) is 7.77. The Labute approximate surface area is 113 Å². The standard InChI is InChI=1S/C14H18ClN3/c1-3-8-16-9-13-17-10(2)14(18-13)11-4-6-12(15)7-5-11/h4-7,16H,3,8-9H2,1-2H3,(H,17,18). The van der Waals surface area contributed by atoms with Crippen molar-refractivity contribution in [1.82, 2.24) is 15.3 Å². The third-order valence-electron chi connectivity index (χ3n) is 2.77. The Balaban J connectivity index is 2.16. The van der Waals surface area contributed by atoms with Crippen LogP contribution in [0.5, 0.6) is 0 Å². The lowest BCUT2D eigenvalue weighted by molar-refractivity contribution is 0.655. The molecule has 0 aliphatic heterocycles. The van der Waals surface area contributed by atoms with Crippen LogP contribution in [0.4, 0.5) is 0 Å². The highest BCUT2D eigenvalue weighted by molar-refractivity contribution is 6.30. The number of aromatic nitrogens is 2. The molecule has 1 aromatic carbocycles. The first-order chi connectivity index (χ1) is 8.70. The molecule has 96 valence electrons. The predicted octanol–water partition coefficient (Wildman–Crippen LogP) is 3.54. The topological polar surface area (TPSA) is 40.7 Å². The maximum Gasteiger partial charge on any atom is 0.121 e. The summed E-state index contributed by atoms with van der Waals surface area (Å²) < 4.78 is 0. The Hall–Kier alpha value is -1.32. The van der Waals surface area contributed by atoms with Crippen molar-refractivity contribution in [3.05, 3.63) is 40.8 Å². The van der Waals surface area contributed by atoms with Crippen LogP contribution < -0.4 is 5.32 Å². The normalized spacial score (nSPS) is 10.8. The zero-order chi connectivity index (χ0) is 13.0. The van der Waals surface area contributed by atoms with Crippen molar-refractivity contribution in [3.8, 4) is 11.3 Å². The molecular weight excluding hydrogens is 246 g/mol. The minimum Gasteiger partial charge on any atom is -0.344 e. The second-order valence-electron chi connectivity index (χ2n) is 4.34. The molecule has 0 saturated carbocycles. The van der Waals surface area contributed by atoms with Crippen molar-refractivity contribution in [3.63, 3.8) is 0 Å². The van der Waals surface area contributed by atoms with Gasteiger partial charge in [0, 0.05) is 16.3 Å². The third kappa shape index (κ3) is 3.12. The summed E-state index contributed by atoms with van der Waals surface area (Å²) in [7, 11) is 0. The summed E-state index contributed by atoms with van der Waals surface area (Å²) in [4.78, 5) is 7.93. The number of imidazole rings is 1. The molecule has 18 heavy (non-hydrogen) atoms. The molecular formula is C14H18ClN3. The van der Waals surface area contributed by atoms with E-state index in [2.05, 4.69) is 22.2 Å². The number of benzene rings is 1. The van der Waals surface area contributed by atoms with E-state index in [-0.39, 0.29) is 0 Å². The predicted molar refractivity (Wildman–Crippen MR) is 75.8 cm³/mol. The molecule has 0 amide bonds. The van der Waals surface area contributed by atoms with Gasteiger partial charge in [0.1, 0.15) is 5.82 Å². The Bertz CT molecular complexity index is 502. The van der Waals surface area contributed by atoms with E-state index in [0.29, 0.717) is 0 Å². The lowest BCUT2D eigenvalue weighted by Crippen LogP contribution is -2.14. The minimum absolute atomic E-state index is 0.747. The molecule has 0 fully saturated rings. The lowest BCUT2D eigenvalue weighted by atomic mass is 10.1. The van der Waals surface area contributed by atoms with Crippen LogP contribution in [0.3, 0.4) is 0 Å². The molecule has 0 saturated heterocycles. The van der Waals surface area contributed by atoms with Crippen LogP contribution in [0, 0.1) is 6.92 Å². The van der Waals surface area contributed by atoms with Crippen molar-refractivity contribution in [1.29, 1.82) is 0 Å². The van der Waals surface area contributed by atoms with Crippen molar-refractivity contribution >= 4 is 11.6 Å². The minimum atomic E-state index is 0.747. The van der Waals surface area contributed by atoms with Crippen LogP contribution in [-0.4, -0.2) is 16.5 Å². The highest BCUT2D eigenvalue weighted by Crippen LogP contribution is 2.22. The third-order valence-corrected chi connectivity index (χ3v) is 3.02. The summed E-state index contributed by atoms with van der Waals surface area (Å²) in [5.74, 6) is 0.978. The fraction of sp³-hybridized carbons (Fsp3) is 0.357. The fourth-order valence-electron chi connectivity index (χ4n) is 1.88. The molecule has 2 N–H and O–H groups in total. The number of nitrogens with zero attached hydrogens (tertiary/aromatic N) is 1. The number of H-pyrrole nitrogens is 1. The number of rotatable bonds is 5. The number of aromatic amines is 1. The molecule has 0 aliphatic rings. The molecule has 4 heteroatoms. The Morgan fingerprint density at radius 3 is 2.67 bits per heavy atom. The second-order valence-corrected chi connectivity index (χ2v) is 4.78. The van der Waals surface area contributed by atoms with Gasteiger partial charge in [-0.1, -0.05) is 30.7 Å². The first kappa shape index (κ1) is 13.1. The molecule has 2 aromatic rings. The SMILES string of the molecule is CCCNCc1nc(-c2ccc(Cl)cc2)c(C)[nH]1. The van der Waals surface area contributed by atoms with Gasteiger partial charge in [-0.3, -0.25) is 0 Å². The van der Waals surface area contributed by atoms with Crippen LogP contribution >= 0.6 is 11.6 Å².